The Hall–Kier alpha value is -2.41. The number of amides is 1. The van der Waals surface area contributed by atoms with Gasteiger partial charge >= 0.3 is 11.9 Å². The van der Waals surface area contributed by atoms with Crippen molar-refractivity contribution in [3.63, 3.8) is 0 Å². The monoisotopic (exact) mass is 294 g/mol. The fourth-order valence-electron chi connectivity index (χ4n) is 1.69. The van der Waals surface area contributed by atoms with Crippen LogP contribution in [0.3, 0.4) is 0 Å². The van der Waals surface area contributed by atoms with Gasteiger partial charge < -0.3 is 20.8 Å². The molecule has 7 heteroatoms. The molecule has 1 atom stereocenters. The van der Waals surface area contributed by atoms with Gasteiger partial charge in [0.25, 0.3) is 5.91 Å². The minimum absolute atomic E-state index is 0.00268. The predicted molar refractivity (Wildman–Crippen MR) is 75.1 cm³/mol. The van der Waals surface area contributed by atoms with Crippen LogP contribution >= 0.6 is 0 Å². The topological polar surface area (TPSA) is 116 Å². The Morgan fingerprint density at radius 2 is 1.71 bits per heavy atom. The minimum atomic E-state index is -1.11. The van der Waals surface area contributed by atoms with Crippen molar-refractivity contribution in [3.05, 3.63) is 35.9 Å². The van der Waals surface area contributed by atoms with Crippen LogP contribution in [0.4, 0.5) is 0 Å². The van der Waals surface area contributed by atoms with Crippen molar-refractivity contribution in [2.75, 3.05) is 13.1 Å². The second-order valence-corrected chi connectivity index (χ2v) is 4.40. The summed E-state index contributed by atoms with van der Waals surface area (Å²) in [5, 5.41) is 22.8. The molecule has 0 radical (unpaired) electrons. The van der Waals surface area contributed by atoms with Gasteiger partial charge in [-0.15, -0.1) is 0 Å². The van der Waals surface area contributed by atoms with Gasteiger partial charge in [0.1, 0.15) is 6.04 Å². The summed E-state index contributed by atoms with van der Waals surface area (Å²) >= 11 is 0. The van der Waals surface area contributed by atoms with Crippen LogP contribution in [-0.4, -0.2) is 47.2 Å². The summed E-state index contributed by atoms with van der Waals surface area (Å²) in [5.74, 6) is -2.39. The molecular formula is C14H18N2O5. The average Bonchev–Trinajstić information content (AvgIpc) is 2.46. The first-order valence-corrected chi connectivity index (χ1v) is 6.52. The molecule has 0 aliphatic rings. The number of hydrogen-bond acceptors (Lipinski definition) is 4. The molecule has 0 unspecified atom stereocenters. The van der Waals surface area contributed by atoms with E-state index in [-0.39, 0.29) is 31.8 Å². The van der Waals surface area contributed by atoms with Gasteiger partial charge in [0.05, 0.1) is 0 Å². The van der Waals surface area contributed by atoms with Gasteiger partial charge in [-0.25, -0.2) is 0 Å². The number of carboxylic acid groups (broad SMARTS) is 2. The van der Waals surface area contributed by atoms with E-state index in [9.17, 15) is 14.4 Å². The second kappa shape index (κ2) is 8.70. The first kappa shape index (κ1) is 16.6. The van der Waals surface area contributed by atoms with E-state index in [0.29, 0.717) is 5.56 Å². The van der Waals surface area contributed by atoms with Gasteiger partial charge in [-0.05, 0) is 18.6 Å². The molecule has 0 saturated carbocycles. The lowest BCUT2D eigenvalue weighted by Gasteiger charge is -2.13. The number of carboxylic acids is 2. The zero-order chi connectivity index (χ0) is 15.7. The van der Waals surface area contributed by atoms with Gasteiger partial charge in [0.2, 0.25) is 0 Å². The van der Waals surface area contributed by atoms with Crippen LogP contribution in [0.25, 0.3) is 0 Å². The van der Waals surface area contributed by atoms with Crippen molar-refractivity contribution in [1.82, 2.24) is 10.6 Å². The Morgan fingerprint density at radius 3 is 2.29 bits per heavy atom. The first-order chi connectivity index (χ1) is 10.0. The highest BCUT2D eigenvalue weighted by Crippen LogP contribution is 1.98. The summed E-state index contributed by atoms with van der Waals surface area (Å²) in [4.78, 5) is 33.0. The molecule has 0 aromatic heterocycles. The molecule has 0 heterocycles. The number of carbonyl (C=O) groups excluding carboxylic acids is 1. The Labute approximate surface area is 122 Å². The van der Waals surface area contributed by atoms with Crippen molar-refractivity contribution in [2.24, 2.45) is 0 Å². The molecular weight excluding hydrogens is 276 g/mol. The number of hydrogen-bond donors (Lipinski definition) is 4. The summed E-state index contributed by atoms with van der Waals surface area (Å²) in [6, 6.07) is 7.72. The van der Waals surface area contributed by atoms with E-state index in [1.807, 2.05) is 0 Å². The van der Waals surface area contributed by atoms with Crippen molar-refractivity contribution in [3.8, 4) is 0 Å². The zero-order valence-electron chi connectivity index (χ0n) is 11.4. The van der Waals surface area contributed by atoms with Crippen molar-refractivity contribution in [2.45, 2.75) is 18.9 Å². The van der Waals surface area contributed by atoms with E-state index < -0.39 is 18.0 Å². The summed E-state index contributed by atoms with van der Waals surface area (Å²) in [6.07, 6.45) is -0.225. The summed E-state index contributed by atoms with van der Waals surface area (Å²) < 4.78 is 0. The molecule has 0 bridgehead atoms. The van der Waals surface area contributed by atoms with Crippen LogP contribution < -0.4 is 10.6 Å². The molecule has 0 saturated heterocycles. The fraction of sp³-hybridized carbons (Fsp3) is 0.357. The number of benzene rings is 1. The summed E-state index contributed by atoms with van der Waals surface area (Å²) in [6.45, 7) is 0.500. The molecule has 7 nitrogen and oxygen atoms in total. The average molecular weight is 294 g/mol. The highest BCUT2D eigenvalue weighted by atomic mass is 16.4. The first-order valence-electron chi connectivity index (χ1n) is 6.52. The smallest absolute Gasteiger partial charge is 0.320 e. The lowest BCUT2D eigenvalue weighted by atomic mass is 10.1. The quantitative estimate of drug-likeness (QED) is 0.488. The molecule has 1 aromatic rings. The Balaban J connectivity index is 2.29. The molecule has 1 amide bonds. The lowest BCUT2D eigenvalue weighted by molar-refractivity contribution is -0.140. The lowest BCUT2D eigenvalue weighted by Crippen LogP contribution is -2.41. The Kier molecular flexibility index (Phi) is 6.90. The minimum Gasteiger partial charge on any atom is -0.481 e. The van der Waals surface area contributed by atoms with Crippen molar-refractivity contribution >= 4 is 17.8 Å². The van der Waals surface area contributed by atoms with Crippen LogP contribution in [0.15, 0.2) is 30.3 Å². The molecule has 4 N–H and O–H groups in total. The third-order valence-corrected chi connectivity index (χ3v) is 2.78. The standard InChI is InChI=1S/C14H18N2O5/c17-12(18)7-6-11(14(20)21)15-8-9-16-13(19)10-4-2-1-3-5-10/h1-5,11,15H,6-9H2,(H,16,19)(H,17,18)(H,20,21)/t11-/m0/s1. The van der Waals surface area contributed by atoms with E-state index in [1.54, 1.807) is 30.3 Å². The van der Waals surface area contributed by atoms with Crippen LogP contribution in [0.2, 0.25) is 0 Å². The van der Waals surface area contributed by atoms with Gasteiger partial charge in [-0.1, -0.05) is 18.2 Å². The largest absolute Gasteiger partial charge is 0.481 e. The second-order valence-electron chi connectivity index (χ2n) is 4.40. The third kappa shape index (κ3) is 6.53. The summed E-state index contributed by atoms with van der Waals surface area (Å²) in [5.41, 5.74) is 0.526. The molecule has 114 valence electrons. The normalized spacial score (nSPS) is 11.6. The SMILES string of the molecule is O=C(O)CC[C@H](NCCNC(=O)c1ccccc1)C(=O)O. The molecule has 1 rings (SSSR count). The van der Waals surface area contributed by atoms with Gasteiger partial charge in [-0.2, -0.15) is 0 Å². The maximum absolute atomic E-state index is 11.7. The fourth-order valence-corrected chi connectivity index (χ4v) is 1.69. The van der Waals surface area contributed by atoms with Gasteiger partial charge in [-0.3, -0.25) is 14.4 Å². The number of carbonyl (C=O) groups is 3. The molecule has 1 aromatic carbocycles. The van der Waals surface area contributed by atoms with Crippen molar-refractivity contribution in [1.29, 1.82) is 0 Å². The van der Waals surface area contributed by atoms with Gasteiger partial charge in [0, 0.05) is 25.1 Å². The number of rotatable bonds is 9. The maximum atomic E-state index is 11.7. The Morgan fingerprint density at radius 1 is 1.05 bits per heavy atom. The maximum Gasteiger partial charge on any atom is 0.320 e. The molecule has 0 aliphatic heterocycles. The highest BCUT2D eigenvalue weighted by Gasteiger charge is 2.17. The van der Waals surface area contributed by atoms with Gasteiger partial charge in [0.15, 0.2) is 0 Å². The molecule has 0 fully saturated rings. The van der Waals surface area contributed by atoms with E-state index in [2.05, 4.69) is 10.6 Å². The van der Waals surface area contributed by atoms with E-state index in [4.69, 9.17) is 10.2 Å². The Bertz CT molecular complexity index is 489. The van der Waals surface area contributed by atoms with Crippen LogP contribution in [0, 0.1) is 0 Å². The zero-order valence-corrected chi connectivity index (χ0v) is 11.4. The van der Waals surface area contributed by atoms with E-state index in [1.165, 1.54) is 0 Å². The van der Waals surface area contributed by atoms with Crippen LogP contribution in [0.1, 0.15) is 23.2 Å². The molecule has 0 aliphatic carbocycles. The summed E-state index contributed by atoms with van der Waals surface area (Å²) in [7, 11) is 0. The number of nitrogens with one attached hydrogen (secondary N) is 2. The van der Waals surface area contributed by atoms with E-state index in [0.717, 1.165) is 0 Å². The third-order valence-electron chi connectivity index (χ3n) is 2.78. The number of aliphatic carboxylic acids is 2. The predicted octanol–water partition coefficient (Wildman–Crippen LogP) is 0.324. The van der Waals surface area contributed by atoms with Crippen molar-refractivity contribution < 1.29 is 24.6 Å². The molecule has 0 spiro atoms. The van der Waals surface area contributed by atoms with E-state index >= 15 is 0 Å². The molecule has 21 heavy (non-hydrogen) atoms. The highest BCUT2D eigenvalue weighted by molar-refractivity contribution is 5.94. The van der Waals surface area contributed by atoms with Crippen LogP contribution in [0.5, 0.6) is 0 Å². The van der Waals surface area contributed by atoms with Crippen LogP contribution in [-0.2, 0) is 9.59 Å².